The van der Waals surface area contributed by atoms with E-state index in [0.29, 0.717) is 21.5 Å². The van der Waals surface area contributed by atoms with Crippen molar-refractivity contribution in [1.29, 1.82) is 0 Å². The topological polar surface area (TPSA) is 58.6 Å². The lowest BCUT2D eigenvalue weighted by Crippen LogP contribution is -2.35. The first-order valence-corrected chi connectivity index (χ1v) is 8.27. The highest BCUT2D eigenvalue weighted by Crippen LogP contribution is 2.25. The number of ether oxygens (including phenoxy) is 1. The standard InChI is InChI=1S/C18H18Cl2N2O3/c1-22(18(24)9-12-5-3-4-6-16(12)25-2)11-17(23)21-13-7-8-14(19)15(20)10-13/h3-8,10H,9,11H2,1-2H3,(H,21,23). The van der Waals surface area contributed by atoms with Gasteiger partial charge in [0.1, 0.15) is 5.75 Å². The van der Waals surface area contributed by atoms with Crippen molar-refractivity contribution in [1.82, 2.24) is 4.90 Å². The van der Waals surface area contributed by atoms with Gasteiger partial charge in [0, 0.05) is 18.3 Å². The average Bonchev–Trinajstić information content (AvgIpc) is 2.58. The number of methoxy groups -OCH3 is 1. The number of rotatable bonds is 6. The Hall–Kier alpha value is -2.24. The highest BCUT2D eigenvalue weighted by molar-refractivity contribution is 6.42. The summed E-state index contributed by atoms with van der Waals surface area (Å²) in [5.41, 5.74) is 1.29. The molecule has 0 fully saturated rings. The van der Waals surface area contributed by atoms with Gasteiger partial charge in [-0.15, -0.1) is 0 Å². The molecule has 0 aliphatic heterocycles. The Morgan fingerprint density at radius 1 is 1.12 bits per heavy atom. The summed E-state index contributed by atoms with van der Waals surface area (Å²) in [6.07, 6.45) is 0.153. The van der Waals surface area contributed by atoms with Gasteiger partial charge in [0.05, 0.1) is 30.1 Å². The summed E-state index contributed by atoms with van der Waals surface area (Å²) < 4.78 is 5.23. The summed E-state index contributed by atoms with van der Waals surface area (Å²) in [6, 6.07) is 12.1. The largest absolute Gasteiger partial charge is 0.496 e. The lowest BCUT2D eigenvalue weighted by Gasteiger charge is -2.18. The van der Waals surface area contributed by atoms with Crippen LogP contribution in [-0.4, -0.2) is 37.4 Å². The zero-order valence-electron chi connectivity index (χ0n) is 13.9. The Labute approximate surface area is 156 Å². The number of carbonyl (C=O) groups is 2. The van der Waals surface area contributed by atoms with Gasteiger partial charge >= 0.3 is 0 Å². The van der Waals surface area contributed by atoms with E-state index in [1.165, 1.54) is 4.90 Å². The predicted octanol–water partition coefficient (Wildman–Crippen LogP) is 3.64. The molecule has 0 spiro atoms. The van der Waals surface area contributed by atoms with Crippen LogP contribution in [0.3, 0.4) is 0 Å². The first-order valence-electron chi connectivity index (χ1n) is 7.51. The van der Waals surface area contributed by atoms with Crippen LogP contribution >= 0.6 is 23.2 Å². The molecule has 2 aromatic rings. The third kappa shape index (κ3) is 5.37. The SMILES string of the molecule is COc1ccccc1CC(=O)N(C)CC(=O)Nc1ccc(Cl)c(Cl)c1. The lowest BCUT2D eigenvalue weighted by atomic mass is 10.1. The van der Waals surface area contributed by atoms with E-state index in [9.17, 15) is 9.59 Å². The van der Waals surface area contributed by atoms with Crippen molar-refractivity contribution in [2.45, 2.75) is 6.42 Å². The van der Waals surface area contributed by atoms with Crippen molar-refractivity contribution in [2.24, 2.45) is 0 Å². The minimum Gasteiger partial charge on any atom is -0.496 e. The molecule has 0 saturated heterocycles. The Morgan fingerprint density at radius 3 is 2.52 bits per heavy atom. The third-order valence-corrected chi connectivity index (χ3v) is 4.28. The minimum atomic E-state index is -0.325. The van der Waals surface area contributed by atoms with Gasteiger partial charge < -0.3 is 15.0 Å². The Morgan fingerprint density at radius 2 is 1.84 bits per heavy atom. The molecule has 7 heteroatoms. The summed E-state index contributed by atoms with van der Waals surface area (Å²) in [6.45, 7) is -0.0752. The monoisotopic (exact) mass is 380 g/mol. The summed E-state index contributed by atoms with van der Waals surface area (Å²) in [5, 5.41) is 3.44. The van der Waals surface area contributed by atoms with Crippen LogP contribution in [0.15, 0.2) is 42.5 Å². The highest BCUT2D eigenvalue weighted by Gasteiger charge is 2.15. The summed E-state index contributed by atoms with van der Waals surface area (Å²) in [5.74, 6) is 0.132. The van der Waals surface area contributed by atoms with E-state index in [-0.39, 0.29) is 24.8 Å². The van der Waals surface area contributed by atoms with Gasteiger partial charge in [0.15, 0.2) is 0 Å². The van der Waals surface area contributed by atoms with E-state index in [1.54, 1.807) is 38.4 Å². The van der Waals surface area contributed by atoms with Crippen molar-refractivity contribution < 1.29 is 14.3 Å². The number of hydrogen-bond acceptors (Lipinski definition) is 3. The quantitative estimate of drug-likeness (QED) is 0.831. The fraction of sp³-hybridized carbons (Fsp3) is 0.222. The van der Waals surface area contributed by atoms with Crippen LogP contribution < -0.4 is 10.1 Å². The second kappa shape index (κ2) is 8.74. The summed E-state index contributed by atoms with van der Waals surface area (Å²) in [4.78, 5) is 25.8. The van der Waals surface area contributed by atoms with Gasteiger partial charge in [-0.3, -0.25) is 9.59 Å². The van der Waals surface area contributed by atoms with Gasteiger partial charge in [-0.2, -0.15) is 0 Å². The number of anilines is 1. The molecule has 0 saturated carbocycles. The minimum absolute atomic E-state index is 0.0752. The molecule has 0 unspecified atom stereocenters. The molecular weight excluding hydrogens is 363 g/mol. The maximum absolute atomic E-state index is 12.3. The van der Waals surface area contributed by atoms with Gasteiger partial charge in [0.25, 0.3) is 0 Å². The number of amides is 2. The van der Waals surface area contributed by atoms with Crippen LogP contribution in [0.2, 0.25) is 10.0 Å². The van der Waals surface area contributed by atoms with Gasteiger partial charge in [0.2, 0.25) is 11.8 Å². The molecule has 0 radical (unpaired) electrons. The van der Waals surface area contributed by atoms with E-state index in [4.69, 9.17) is 27.9 Å². The van der Waals surface area contributed by atoms with Gasteiger partial charge in [-0.1, -0.05) is 41.4 Å². The van der Waals surface area contributed by atoms with Crippen LogP contribution in [0, 0.1) is 0 Å². The molecular formula is C18H18Cl2N2O3. The molecule has 0 bridgehead atoms. The second-order valence-electron chi connectivity index (χ2n) is 5.42. The number of nitrogens with one attached hydrogen (secondary N) is 1. The van der Waals surface area contributed by atoms with Crippen LogP contribution in [-0.2, 0) is 16.0 Å². The van der Waals surface area contributed by atoms with Crippen molar-refractivity contribution >= 4 is 40.7 Å². The predicted molar refractivity (Wildman–Crippen MR) is 99.4 cm³/mol. The molecule has 0 heterocycles. The van der Waals surface area contributed by atoms with Crippen molar-refractivity contribution in [3.8, 4) is 5.75 Å². The van der Waals surface area contributed by atoms with Crippen LogP contribution in [0.5, 0.6) is 5.75 Å². The number of benzene rings is 2. The van der Waals surface area contributed by atoms with Crippen molar-refractivity contribution in [3.63, 3.8) is 0 Å². The molecule has 0 aliphatic carbocycles. The van der Waals surface area contributed by atoms with Crippen LogP contribution in [0.25, 0.3) is 0 Å². The van der Waals surface area contributed by atoms with Gasteiger partial charge in [-0.05, 0) is 24.3 Å². The lowest BCUT2D eigenvalue weighted by molar-refractivity contribution is -0.132. The molecule has 132 valence electrons. The van der Waals surface area contributed by atoms with Crippen LogP contribution in [0.1, 0.15) is 5.56 Å². The van der Waals surface area contributed by atoms with Crippen LogP contribution in [0.4, 0.5) is 5.69 Å². The Kier molecular flexibility index (Phi) is 6.67. The number of likely N-dealkylation sites (N-methyl/N-ethyl adjacent to an activating group) is 1. The first kappa shape index (κ1) is 19.1. The molecule has 0 atom stereocenters. The number of carbonyl (C=O) groups excluding carboxylic acids is 2. The number of nitrogens with zero attached hydrogens (tertiary/aromatic N) is 1. The molecule has 2 rings (SSSR count). The molecule has 2 aromatic carbocycles. The molecule has 2 amide bonds. The third-order valence-electron chi connectivity index (χ3n) is 3.54. The van der Waals surface area contributed by atoms with E-state index in [0.717, 1.165) is 5.56 Å². The maximum Gasteiger partial charge on any atom is 0.243 e. The van der Waals surface area contributed by atoms with Crippen molar-refractivity contribution in [2.75, 3.05) is 26.0 Å². The number of para-hydroxylation sites is 1. The fourth-order valence-electron chi connectivity index (χ4n) is 2.22. The van der Waals surface area contributed by atoms with Crippen molar-refractivity contribution in [3.05, 3.63) is 58.1 Å². The van der Waals surface area contributed by atoms with Gasteiger partial charge in [-0.25, -0.2) is 0 Å². The molecule has 0 aliphatic rings. The zero-order valence-corrected chi connectivity index (χ0v) is 15.4. The summed E-state index contributed by atoms with van der Waals surface area (Å²) >= 11 is 11.7. The number of halogens is 2. The zero-order chi connectivity index (χ0) is 18.4. The Balaban J connectivity index is 1.93. The smallest absolute Gasteiger partial charge is 0.243 e. The highest BCUT2D eigenvalue weighted by atomic mass is 35.5. The fourth-order valence-corrected chi connectivity index (χ4v) is 2.52. The maximum atomic E-state index is 12.3. The average molecular weight is 381 g/mol. The van der Waals surface area contributed by atoms with E-state index in [1.807, 2.05) is 18.2 Å². The second-order valence-corrected chi connectivity index (χ2v) is 6.23. The number of hydrogen-bond donors (Lipinski definition) is 1. The molecule has 5 nitrogen and oxygen atoms in total. The summed E-state index contributed by atoms with van der Waals surface area (Å²) in [7, 11) is 3.13. The first-order chi connectivity index (χ1) is 11.9. The molecule has 0 aromatic heterocycles. The Bertz CT molecular complexity index is 781. The van der Waals surface area contributed by atoms with E-state index < -0.39 is 0 Å². The molecule has 1 N–H and O–H groups in total. The van der Waals surface area contributed by atoms with E-state index in [2.05, 4.69) is 5.32 Å². The van der Waals surface area contributed by atoms with E-state index >= 15 is 0 Å². The molecule has 25 heavy (non-hydrogen) atoms. The normalized spacial score (nSPS) is 10.2.